The second-order valence-electron chi connectivity index (χ2n) is 5.87. The van der Waals surface area contributed by atoms with Gasteiger partial charge in [0.1, 0.15) is 18.1 Å². The van der Waals surface area contributed by atoms with Crippen LogP contribution >= 0.6 is 0 Å². The van der Waals surface area contributed by atoms with E-state index in [1.54, 1.807) is 12.4 Å². The highest BCUT2D eigenvalue weighted by molar-refractivity contribution is 5.80. The highest BCUT2D eigenvalue weighted by Crippen LogP contribution is 2.23. The molecule has 1 saturated heterocycles. The van der Waals surface area contributed by atoms with Crippen molar-refractivity contribution < 1.29 is 14.3 Å². The maximum absolute atomic E-state index is 12.0. The summed E-state index contributed by atoms with van der Waals surface area (Å²) >= 11 is 0. The van der Waals surface area contributed by atoms with Crippen molar-refractivity contribution in [2.24, 2.45) is 0 Å². The maximum atomic E-state index is 12.0. The van der Waals surface area contributed by atoms with Gasteiger partial charge in [-0.2, -0.15) is 0 Å². The molecule has 0 aliphatic carbocycles. The highest BCUT2D eigenvalue weighted by Gasteiger charge is 2.27. The Hall–Kier alpha value is -2.39. The number of carbonyl (C=O) groups excluding carboxylic acids is 1. The zero-order valence-corrected chi connectivity index (χ0v) is 13.1. The van der Waals surface area contributed by atoms with Gasteiger partial charge >= 0.3 is 0 Å². The molecular formula is C15H18N6O3. The normalized spacial score (nSPS) is 23.0. The first-order valence-corrected chi connectivity index (χ1v) is 8.00. The lowest BCUT2D eigenvalue weighted by Gasteiger charge is -2.24. The van der Waals surface area contributed by atoms with Crippen LogP contribution in [0.1, 0.15) is 18.5 Å². The largest absolute Gasteiger partial charge is 0.368 e. The van der Waals surface area contributed by atoms with E-state index in [9.17, 15) is 4.79 Å². The standard InChI is InChI=1S/C15H18N6O3/c22-15(13-2-1-3-23-13)18-6-11-7-21-12(8-24-11)14(19-20-21)10-4-16-9-17-5-10/h4-5,9,11,13H,1-3,6-8H2,(H,18,22)/t11-,13+/m0/s1. The molecule has 1 amide bonds. The van der Waals surface area contributed by atoms with E-state index in [4.69, 9.17) is 9.47 Å². The third kappa shape index (κ3) is 3.00. The molecule has 2 aliphatic rings. The quantitative estimate of drug-likeness (QED) is 0.836. The number of nitrogens with one attached hydrogen (secondary N) is 1. The zero-order valence-electron chi connectivity index (χ0n) is 13.1. The van der Waals surface area contributed by atoms with Crippen molar-refractivity contribution in [3.05, 3.63) is 24.4 Å². The van der Waals surface area contributed by atoms with Crippen LogP contribution in [0.15, 0.2) is 18.7 Å². The summed E-state index contributed by atoms with van der Waals surface area (Å²) in [7, 11) is 0. The van der Waals surface area contributed by atoms with Gasteiger partial charge in [0.05, 0.1) is 24.9 Å². The summed E-state index contributed by atoms with van der Waals surface area (Å²) in [5.41, 5.74) is 2.44. The highest BCUT2D eigenvalue weighted by atomic mass is 16.5. The van der Waals surface area contributed by atoms with E-state index < -0.39 is 0 Å². The fourth-order valence-corrected chi connectivity index (χ4v) is 2.95. The summed E-state index contributed by atoms with van der Waals surface area (Å²) in [6, 6.07) is 0. The Morgan fingerprint density at radius 3 is 3.00 bits per heavy atom. The number of amides is 1. The Balaban J connectivity index is 1.38. The molecule has 2 atom stereocenters. The molecule has 2 aromatic heterocycles. The van der Waals surface area contributed by atoms with Gasteiger partial charge in [0.15, 0.2) is 0 Å². The van der Waals surface area contributed by atoms with E-state index in [0.29, 0.717) is 26.3 Å². The van der Waals surface area contributed by atoms with Crippen LogP contribution in [0.25, 0.3) is 11.3 Å². The average Bonchev–Trinajstić information content (AvgIpc) is 3.30. The fraction of sp³-hybridized carbons (Fsp3) is 0.533. The number of rotatable bonds is 4. The number of fused-ring (bicyclic) bond motifs is 1. The van der Waals surface area contributed by atoms with Gasteiger partial charge in [-0.05, 0) is 12.8 Å². The van der Waals surface area contributed by atoms with Crippen molar-refractivity contribution in [2.75, 3.05) is 13.2 Å². The molecule has 1 N–H and O–H groups in total. The molecule has 9 nitrogen and oxygen atoms in total. The lowest BCUT2D eigenvalue weighted by Crippen LogP contribution is -2.42. The van der Waals surface area contributed by atoms with Gasteiger partial charge in [0.2, 0.25) is 5.91 Å². The van der Waals surface area contributed by atoms with E-state index in [1.165, 1.54) is 6.33 Å². The van der Waals surface area contributed by atoms with E-state index in [0.717, 1.165) is 29.8 Å². The Kier molecular flexibility index (Phi) is 4.18. The van der Waals surface area contributed by atoms with Crippen molar-refractivity contribution in [3.8, 4) is 11.3 Å². The SMILES string of the molecule is O=C(NC[C@H]1Cn2nnc(-c3cncnc3)c2CO1)[C@H]1CCCO1. The molecule has 24 heavy (non-hydrogen) atoms. The van der Waals surface area contributed by atoms with Crippen LogP contribution in [0.4, 0.5) is 0 Å². The Morgan fingerprint density at radius 2 is 2.21 bits per heavy atom. The molecule has 2 aliphatic heterocycles. The third-order valence-corrected chi connectivity index (χ3v) is 4.23. The van der Waals surface area contributed by atoms with Crippen molar-refractivity contribution in [2.45, 2.75) is 38.2 Å². The van der Waals surface area contributed by atoms with Gasteiger partial charge in [0, 0.05) is 31.1 Å². The molecule has 4 rings (SSSR count). The van der Waals surface area contributed by atoms with Gasteiger partial charge in [-0.3, -0.25) is 4.79 Å². The number of aromatic nitrogens is 5. The summed E-state index contributed by atoms with van der Waals surface area (Å²) in [5.74, 6) is -0.0670. The first kappa shape index (κ1) is 15.2. The predicted octanol–water partition coefficient (Wildman–Crippen LogP) is -0.0709. The second-order valence-corrected chi connectivity index (χ2v) is 5.87. The van der Waals surface area contributed by atoms with E-state index >= 15 is 0 Å². The lowest BCUT2D eigenvalue weighted by molar-refractivity contribution is -0.131. The molecule has 1 fully saturated rings. The van der Waals surface area contributed by atoms with Crippen molar-refractivity contribution in [3.63, 3.8) is 0 Å². The molecule has 4 heterocycles. The molecule has 0 bridgehead atoms. The van der Waals surface area contributed by atoms with Crippen LogP contribution in [-0.4, -0.2) is 56.2 Å². The van der Waals surface area contributed by atoms with Crippen molar-refractivity contribution in [1.82, 2.24) is 30.3 Å². The first-order valence-electron chi connectivity index (χ1n) is 8.00. The minimum atomic E-state index is -0.319. The lowest BCUT2D eigenvalue weighted by atomic mass is 10.2. The molecule has 126 valence electrons. The van der Waals surface area contributed by atoms with E-state index in [-0.39, 0.29) is 18.1 Å². The number of hydrogen-bond donors (Lipinski definition) is 1. The number of hydrogen-bond acceptors (Lipinski definition) is 7. The van der Waals surface area contributed by atoms with Crippen LogP contribution in [-0.2, 0) is 27.4 Å². The number of ether oxygens (including phenoxy) is 2. The summed E-state index contributed by atoms with van der Waals surface area (Å²) < 4.78 is 13.0. The zero-order chi connectivity index (χ0) is 16.4. The minimum absolute atomic E-state index is 0.0670. The molecule has 0 saturated carbocycles. The molecule has 9 heteroatoms. The van der Waals surface area contributed by atoms with Crippen LogP contribution in [0, 0.1) is 0 Å². The molecule has 2 aromatic rings. The van der Waals surface area contributed by atoms with Crippen LogP contribution in [0.3, 0.4) is 0 Å². The Morgan fingerprint density at radius 1 is 1.33 bits per heavy atom. The summed E-state index contributed by atoms with van der Waals surface area (Å²) in [6.45, 7) is 2.02. The predicted molar refractivity (Wildman–Crippen MR) is 81.6 cm³/mol. The average molecular weight is 330 g/mol. The molecular weight excluding hydrogens is 312 g/mol. The first-order chi connectivity index (χ1) is 11.8. The van der Waals surface area contributed by atoms with Crippen LogP contribution in [0.2, 0.25) is 0 Å². The summed E-state index contributed by atoms with van der Waals surface area (Å²) in [5, 5.41) is 11.3. The number of carbonyl (C=O) groups is 1. The maximum Gasteiger partial charge on any atom is 0.249 e. The summed E-state index contributed by atoms with van der Waals surface area (Å²) in [6.07, 6.45) is 6.14. The minimum Gasteiger partial charge on any atom is -0.368 e. The van der Waals surface area contributed by atoms with Gasteiger partial charge in [0.25, 0.3) is 0 Å². The monoisotopic (exact) mass is 330 g/mol. The van der Waals surface area contributed by atoms with Crippen molar-refractivity contribution >= 4 is 5.91 Å². The smallest absolute Gasteiger partial charge is 0.249 e. The Bertz CT molecular complexity index is 713. The van der Waals surface area contributed by atoms with Crippen LogP contribution < -0.4 is 5.32 Å². The topological polar surface area (TPSA) is 104 Å². The second kappa shape index (κ2) is 6.62. The van der Waals surface area contributed by atoms with Crippen LogP contribution in [0.5, 0.6) is 0 Å². The summed E-state index contributed by atoms with van der Waals surface area (Å²) in [4.78, 5) is 20.0. The van der Waals surface area contributed by atoms with Gasteiger partial charge < -0.3 is 14.8 Å². The van der Waals surface area contributed by atoms with Gasteiger partial charge in [-0.15, -0.1) is 5.10 Å². The molecule has 0 unspecified atom stereocenters. The van der Waals surface area contributed by atoms with Gasteiger partial charge in [-0.1, -0.05) is 5.21 Å². The Labute approximate surface area is 138 Å². The molecule has 0 radical (unpaired) electrons. The molecule has 0 aromatic carbocycles. The molecule has 0 spiro atoms. The number of nitrogens with zero attached hydrogens (tertiary/aromatic N) is 5. The van der Waals surface area contributed by atoms with Crippen molar-refractivity contribution in [1.29, 1.82) is 0 Å². The fourth-order valence-electron chi connectivity index (χ4n) is 2.95. The van der Waals surface area contributed by atoms with E-state index in [1.807, 2.05) is 4.68 Å². The third-order valence-electron chi connectivity index (χ3n) is 4.23. The van der Waals surface area contributed by atoms with Gasteiger partial charge in [-0.25, -0.2) is 14.6 Å². The van der Waals surface area contributed by atoms with E-state index in [2.05, 4.69) is 25.6 Å².